The third-order valence-corrected chi connectivity index (χ3v) is 4.52. The van der Waals surface area contributed by atoms with E-state index in [4.69, 9.17) is 9.47 Å². The van der Waals surface area contributed by atoms with Gasteiger partial charge in [-0.2, -0.15) is 0 Å². The van der Waals surface area contributed by atoms with Crippen LogP contribution in [0.5, 0.6) is 5.75 Å². The summed E-state index contributed by atoms with van der Waals surface area (Å²) in [7, 11) is 1.61. The number of hydrogen-bond acceptors (Lipinski definition) is 4. The number of esters is 1. The van der Waals surface area contributed by atoms with Crippen molar-refractivity contribution in [3.63, 3.8) is 0 Å². The maximum absolute atomic E-state index is 12.2. The zero-order chi connectivity index (χ0) is 15.5. The molecule has 0 atom stereocenters. The fraction of sp³-hybridized carbons (Fsp3) is 0.167. The molecule has 1 heterocycles. The number of benzene rings is 2. The second-order valence-electron chi connectivity index (χ2n) is 5.04. The second-order valence-corrected chi connectivity index (χ2v) is 6.12. The van der Waals surface area contributed by atoms with Crippen LogP contribution in [0.25, 0.3) is 10.1 Å². The van der Waals surface area contributed by atoms with Crippen molar-refractivity contribution in [1.82, 2.24) is 0 Å². The van der Waals surface area contributed by atoms with Gasteiger partial charge >= 0.3 is 5.97 Å². The van der Waals surface area contributed by atoms with Crippen molar-refractivity contribution < 1.29 is 14.3 Å². The summed E-state index contributed by atoms with van der Waals surface area (Å²) in [5.74, 6) is 0.430. The maximum Gasteiger partial charge on any atom is 0.348 e. The van der Waals surface area contributed by atoms with Crippen molar-refractivity contribution in [2.24, 2.45) is 0 Å². The predicted molar refractivity (Wildman–Crippen MR) is 88.7 cm³/mol. The van der Waals surface area contributed by atoms with Crippen molar-refractivity contribution >= 4 is 27.4 Å². The van der Waals surface area contributed by atoms with Gasteiger partial charge in [-0.3, -0.25) is 0 Å². The van der Waals surface area contributed by atoms with E-state index in [0.29, 0.717) is 4.88 Å². The van der Waals surface area contributed by atoms with E-state index < -0.39 is 0 Å². The summed E-state index contributed by atoms with van der Waals surface area (Å²) in [6.45, 7) is 2.20. The first-order valence-corrected chi connectivity index (χ1v) is 7.78. The van der Waals surface area contributed by atoms with E-state index in [1.165, 1.54) is 11.3 Å². The number of rotatable bonds is 4. The number of thiophene rings is 1. The molecule has 0 N–H and O–H groups in total. The summed E-state index contributed by atoms with van der Waals surface area (Å²) in [6.07, 6.45) is 0. The number of methoxy groups -OCH3 is 1. The number of hydrogen-bond donors (Lipinski definition) is 0. The normalized spacial score (nSPS) is 10.6. The fourth-order valence-electron chi connectivity index (χ4n) is 2.32. The Labute approximate surface area is 133 Å². The molecule has 0 aliphatic carbocycles. The Morgan fingerprint density at radius 1 is 1.14 bits per heavy atom. The van der Waals surface area contributed by atoms with Crippen LogP contribution in [-0.4, -0.2) is 13.1 Å². The van der Waals surface area contributed by atoms with Crippen molar-refractivity contribution in [3.8, 4) is 5.75 Å². The van der Waals surface area contributed by atoms with Gasteiger partial charge in [0.05, 0.1) is 7.11 Å². The third-order valence-electron chi connectivity index (χ3n) is 3.42. The summed E-state index contributed by atoms with van der Waals surface area (Å²) >= 11 is 1.45. The van der Waals surface area contributed by atoms with Crippen LogP contribution >= 0.6 is 11.3 Å². The maximum atomic E-state index is 12.2. The molecule has 112 valence electrons. The Morgan fingerprint density at radius 3 is 2.73 bits per heavy atom. The smallest absolute Gasteiger partial charge is 0.348 e. The molecule has 22 heavy (non-hydrogen) atoms. The zero-order valence-electron chi connectivity index (χ0n) is 12.5. The van der Waals surface area contributed by atoms with Crippen LogP contribution in [-0.2, 0) is 11.3 Å². The minimum Gasteiger partial charge on any atom is -0.496 e. The van der Waals surface area contributed by atoms with Crippen LogP contribution in [0, 0.1) is 6.92 Å². The van der Waals surface area contributed by atoms with E-state index in [1.54, 1.807) is 7.11 Å². The minimum absolute atomic E-state index is 0.206. The molecule has 0 aliphatic rings. The van der Waals surface area contributed by atoms with Gasteiger partial charge in [0.15, 0.2) is 0 Å². The van der Waals surface area contributed by atoms with E-state index in [0.717, 1.165) is 27.0 Å². The van der Waals surface area contributed by atoms with Gasteiger partial charge < -0.3 is 9.47 Å². The first-order chi connectivity index (χ1) is 10.7. The highest BCUT2D eigenvalue weighted by Crippen LogP contribution is 2.27. The Hall–Kier alpha value is -2.33. The SMILES string of the molecule is COc1ccc(C)cc1COC(=O)c1cc2ccccc2s1. The molecule has 0 aliphatic heterocycles. The lowest BCUT2D eigenvalue weighted by Gasteiger charge is -2.09. The van der Waals surface area contributed by atoms with E-state index in [-0.39, 0.29) is 12.6 Å². The molecule has 0 bridgehead atoms. The number of ether oxygens (including phenoxy) is 2. The molecule has 0 saturated carbocycles. The molecule has 3 rings (SSSR count). The highest BCUT2D eigenvalue weighted by atomic mass is 32.1. The summed E-state index contributed by atoms with van der Waals surface area (Å²) in [6, 6.07) is 15.6. The lowest BCUT2D eigenvalue weighted by Crippen LogP contribution is -2.04. The summed E-state index contributed by atoms with van der Waals surface area (Å²) in [5.41, 5.74) is 1.98. The van der Waals surface area contributed by atoms with Crippen LogP contribution < -0.4 is 4.74 Å². The highest BCUT2D eigenvalue weighted by molar-refractivity contribution is 7.20. The Bertz CT molecular complexity index is 787. The topological polar surface area (TPSA) is 35.5 Å². The lowest BCUT2D eigenvalue weighted by molar-refractivity contribution is 0.0476. The monoisotopic (exact) mass is 312 g/mol. The van der Waals surface area contributed by atoms with Gasteiger partial charge in [0.2, 0.25) is 0 Å². The van der Waals surface area contributed by atoms with Gasteiger partial charge in [0.1, 0.15) is 17.2 Å². The third kappa shape index (κ3) is 2.97. The lowest BCUT2D eigenvalue weighted by atomic mass is 10.1. The molecule has 3 nitrogen and oxygen atoms in total. The van der Waals surface area contributed by atoms with Crippen molar-refractivity contribution in [2.45, 2.75) is 13.5 Å². The van der Waals surface area contributed by atoms with E-state index in [9.17, 15) is 4.79 Å². The second kappa shape index (κ2) is 6.20. The molecule has 0 fully saturated rings. The molecule has 4 heteroatoms. The molecular formula is C18H16O3S. The number of aryl methyl sites for hydroxylation is 1. The molecule has 0 spiro atoms. The Kier molecular flexibility index (Phi) is 4.11. The average Bonchev–Trinajstić information content (AvgIpc) is 2.97. The number of carbonyl (C=O) groups is 1. The van der Waals surface area contributed by atoms with Crippen molar-refractivity contribution in [1.29, 1.82) is 0 Å². The molecule has 1 aromatic heterocycles. The highest BCUT2D eigenvalue weighted by Gasteiger charge is 2.13. The standard InChI is InChI=1S/C18H16O3S/c1-12-7-8-15(20-2)14(9-12)11-21-18(19)17-10-13-5-3-4-6-16(13)22-17/h3-10H,11H2,1-2H3. The van der Waals surface area contributed by atoms with Gasteiger partial charge in [0, 0.05) is 10.3 Å². The quantitative estimate of drug-likeness (QED) is 0.662. The summed E-state index contributed by atoms with van der Waals surface area (Å²) < 4.78 is 11.8. The van der Waals surface area contributed by atoms with E-state index in [1.807, 2.05) is 55.5 Å². The van der Waals surface area contributed by atoms with Gasteiger partial charge in [-0.1, -0.05) is 29.8 Å². The Morgan fingerprint density at radius 2 is 1.95 bits per heavy atom. The van der Waals surface area contributed by atoms with Gasteiger partial charge in [0.25, 0.3) is 0 Å². The minimum atomic E-state index is -0.301. The molecule has 0 unspecified atom stereocenters. The Balaban J connectivity index is 1.76. The molecular weight excluding hydrogens is 296 g/mol. The van der Waals surface area contributed by atoms with Gasteiger partial charge in [-0.15, -0.1) is 11.3 Å². The van der Waals surface area contributed by atoms with Crippen molar-refractivity contribution in [3.05, 3.63) is 64.5 Å². The molecule has 3 aromatic rings. The first-order valence-electron chi connectivity index (χ1n) is 6.96. The van der Waals surface area contributed by atoms with Gasteiger partial charge in [-0.25, -0.2) is 4.79 Å². The molecule has 2 aromatic carbocycles. The summed E-state index contributed by atoms with van der Waals surface area (Å²) in [5, 5.41) is 1.06. The van der Waals surface area contributed by atoms with Crippen LogP contribution in [0.3, 0.4) is 0 Å². The largest absolute Gasteiger partial charge is 0.496 e. The molecule has 0 amide bonds. The summed E-state index contributed by atoms with van der Waals surface area (Å²) in [4.78, 5) is 12.8. The molecule has 0 radical (unpaired) electrons. The van der Waals surface area contributed by atoms with Crippen LogP contribution in [0.15, 0.2) is 48.5 Å². The van der Waals surface area contributed by atoms with E-state index >= 15 is 0 Å². The number of fused-ring (bicyclic) bond motifs is 1. The molecule has 0 saturated heterocycles. The van der Waals surface area contributed by atoms with E-state index in [2.05, 4.69) is 0 Å². The average molecular weight is 312 g/mol. The fourth-order valence-corrected chi connectivity index (χ4v) is 3.27. The zero-order valence-corrected chi connectivity index (χ0v) is 13.3. The van der Waals surface area contributed by atoms with Crippen molar-refractivity contribution in [2.75, 3.05) is 7.11 Å². The van der Waals surface area contributed by atoms with Crippen LogP contribution in [0.4, 0.5) is 0 Å². The van der Waals surface area contributed by atoms with Crippen LogP contribution in [0.1, 0.15) is 20.8 Å². The first kappa shape index (κ1) is 14.6. The van der Waals surface area contributed by atoms with Crippen LogP contribution in [0.2, 0.25) is 0 Å². The van der Waals surface area contributed by atoms with Gasteiger partial charge in [-0.05, 0) is 36.6 Å². The number of carbonyl (C=O) groups excluding carboxylic acids is 1. The predicted octanol–water partition coefficient (Wildman–Crippen LogP) is 4.58.